The first-order valence-electron chi connectivity index (χ1n) is 8.37. The maximum atomic E-state index is 3.75. The Morgan fingerprint density at radius 3 is 1.90 bits per heavy atom. The summed E-state index contributed by atoms with van der Waals surface area (Å²) in [5.74, 6) is 0. The van der Waals surface area contributed by atoms with E-state index in [4.69, 9.17) is 0 Å². The Morgan fingerprint density at radius 2 is 1.52 bits per heavy atom. The van der Waals surface area contributed by atoms with Crippen molar-refractivity contribution >= 4 is 0 Å². The van der Waals surface area contributed by atoms with E-state index in [1.165, 1.54) is 29.5 Å². The second-order valence-corrected chi connectivity index (χ2v) is 6.52. The third kappa shape index (κ3) is 4.31. The van der Waals surface area contributed by atoms with Crippen molar-refractivity contribution in [2.75, 3.05) is 20.6 Å². The fraction of sp³-hybridized carbons (Fsp3) is 0.684. The van der Waals surface area contributed by atoms with Gasteiger partial charge in [-0.1, -0.05) is 50.1 Å². The fourth-order valence-electron chi connectivity index (χ4n) is 3.81. The van der Waals surface area contributed by atoms with Gasteiger partial charge in [0.25, 0.3) is 0 Å². The number of benzene rings is 1. The van der Waals surface area contributed by atoms with Gasteiger partial charge in [0.05, 0.1) is 0 Å². The fourth-order valence-corrected chi connectivity index (χ4v) is 3.81. The Hall–Kier alpha value is -0.860. The molecule has 1 N–H and O–H groups in total. The lowest BCUT2D eigenvalue weighted by atomic mass is 9.80. The monoisotopic (exact) mass is 290 g/mol. The van der Waals surface area contributed by atoms with Crippen LogP contribution in [0.4, 0.5) is 0 Å². The molecule has 1 unspecified atom stereocenters. The van der Waals surface area contributed by atoms with Crippen molar-refractivity contribution in [3.05, 3.63) is 34.9 Å². The van der Waals surface area contributed by atoms with Crippen LogP contribution in [0.15, 0.2) is 18.2 Å². The minimum Gasteiger partial charge on any atom is -0.312 e. The zero-order valence-electron chi connectivity index (χ0n) is 15.1. The second kappa shape index (κ2) is 7.95. The van der Waals surface area contributed by atoms with E-state index < -0.39 is 0 Å². The molecule has 120 valence electrons. The van der Waals surface area contributed by atoms with Crippen molar-refractivity contribution in [2.45, 2.75) is 65.5 Å². The molecule has 0 heterocycles. The number of rotatable bonds is 8. The van der Waals surface area contributed by atoms with Crippen LogP contribution in [0.2, 0.25) is 0 Å². The molecule has 1 aromatic carbocycles. The summed E-state index contributed by atoms with van der Waals surface area (Å²) in [5.41, 5.74) is 4.40. The van der Waals surface area contributed by atoms with Crippen LogP contribution in [-0.2, 0) is 6.42 Å². The Morgan fingerprint density at radius 1 is 1.00 bits per heavy atom. The molecule has 0 radical (unpaired) electrons. The largest absolute Gasteiger partial charge is 0.312 e. The predicted octanol–water partition coefficient (Wildman–Crippen LogP) is 3.94. The smallest absolute Gasteiger partial charge is 0.0354 e. The Kier molecular flexibility index (Phi) is 6.89. The first kappa shape index (κ1) is 18.2. The summed E-state index contributed by atoms with van der Waals surface area (Å²) in [6.45, 7) is 12.2. The number of hydrogen-bond donors (Lipinski definition) is 1. The predicted molar refractivity (Wildman–Crippen MR) is 94.1 cm³/mol. The molecule has 0 amide bonds. The summed E-state index contributed by atoms with van der Waals surface area (Å²) in [4.78, 5) is 2.42. The van der Waals surface area contributed by atoms with E-state index in [-0.39, 0.29) is 5.54 Å². The van der Waals surface area contributed by atoms with Crippen molar-refractivity contribution in [3.63, 3.8) is 0 Å². The molecule has 2 nitrogen and oxygen atoms in total. The summed E-state index contributed by atoms with van der Waals surface area (Å²) in [5, 5.41) is 3.75. The highest BCUT2D eigenvalue weighted by Crippen LogP contribution is 2.28. The van der Waals surface area contributed by atoms with Crippen molar-refractivity contribution in [1.29, 1.82) is 0 Å². The SMILES string of the molecule is CCNC(Cc1cc(C)cc(C)c1)C(CC)(CC)N(C)C. The van der Waals surface area contributed by atoms with Crippen molar-refractivity contribution in [1.82, 2.24) is 10.2 Å². The lowest BCUT2D eigenvalue weighted by molar-refractivity contribution is 0.0889. The van der Waals surface area contributed by atoms with E-state index in [0.29, 0.717) is 6.04 Å². The van der Waals surface area contributed by atoms with E-state index in [0.717, 1.165) is 13.0 Å². The van der Waals surface area contributed by atoms with Gasteiger partial charge in [0.2, 0.25) is 0 Å². The van der Waals surface area contributed by atoms with Crippen LogP contribution in [0.25, 0.3) is 0 Å². The average molecular weight is 290 g/mol. The van der Waals surface area contributed by atoms with Crippen LogP contribution in [0.5, 0.6) is 0 Å². The van der Waals surface area contributed by atoms with Crippen molar-refractivity contribution in [3.8, 4) is 0 Å². The molecule has 0 spiro atoms. The molecule has 1 atom stereocenters. The molecule has 0 bridgehead atoms. The third-order valence-electron chi connectivity index (χ3n) is 4.94. The molecule has 0 aliphatic heterocycles. The van der Waals surface area contributed by atoms with E-state index in [2.05, 4.69) is 77.1 Å². The summed E-state index contributed by atoms with van der Waals surface area (Å²) in [7, 11) is 4.44. The quantitative estimate of drug-likeness (QED) is 0.780. The van der Waals surface area contributed by atoms with Gasteiger partial charge in [0, 0.05) is 11.6 Å². The standard InChI is InChI=1S/C19H34N2/c1-8-19(9-2,21(6)7)18(20-10-3)14-17-12-15(4)11-16(5)13-17/h11-13,18,20H,8-10,14H2,1-7H3. The van der Waals surface area contributed by atoms with Crippen LogP contribution in [0, 0.1) is 13.8 Å². The molecule has 0 saturated carbocycles. The Labute approximate surface area is 131 Å². The molecule has 0 aliphatic carbocycles. The third-order valence-corrected chi connectivity index (χ3v) is 4.94. The van der Waals surface area contributed by atoms with Crippen LogP contribution in [-0.4, -0.2) is 37.1 Å². The highest BCUT2D eigenvalue weighted by molar-refractivity contribution is 5.29. The molecule has 1 aromatic rings. The molecule has 0 saturated heterocycles. The van der Waals surface area contributed by atoms with Gasteiger partial charge in [-0.25, -0.2) is 0 Å². The van der Waals surface area contributed by atoms with Gasteiger partial charge < -0.3 is 10.2 Å². The lowest BCUT2D eigenvalue weighted by Crippen LogP contribution is -2.59. The molecular weight excluding hydrogens is 256 g/mol. The second-order valence-electron chi connectivity index (χ2n) is 6.52. The molecule has 0 aromatic heterocycles. The highest BCUT2D eigenvalue weighted by Gasteiger charge is 2.37. The highest BCUT2D eigenvalue weighted by atomic mass is 15.2. The maximum Gasteiger partial charge on any atom is 0.0354 e. The minimum absolute atomic E-state index is 0.216. The van der Waals surface area contributed by atoms with Gasteiger partial charge in [0.1, 0.15) is 0 Å². The molecule has 2 heteroatoms. The number of likely N-dealkylation sites (N-methyl/N-ethyl adjacent to an activating group) is 2. The normalized spacial score (nSPS) is 13.7. The first-order valence-corrected chi connectivity index (χ1v) is 8.37. The zero-order chi connectivity index (χ0) is 16.0. The molecule has 21 heavy (non-hydrogen) atoms. The van der Waals surface area contributed by atoms with Crippen LogP contribution >= 0.6 is 0 Å². The summed E-state index contributed by atoms with van der Waals surface area (Å²) < 4.78 is 0. The van der Waals surface area contributed by atoms with E-state index >= 15 is 0 Å². The summed E-state index contributed by atoms with van der Waals surface area (Å²) in [6.07, 6.45) is 3.42. The van der Waals surface area contributed by atoms with Crippen molar-refractivity contribution in [2.24, 2.45) is 0 Å². The Bertz CT molecular complexity index is 413. The summed E-state index contributed by atoms with van der Waals surface area (Å²) in [6, 6.07) is 7.41. The molecular formula is C19H34N2. The minimum atomic E-state index is 0.216. The molecule has 0 aliphatic rings. The molecule has 1 rings (SSSR count). The number of aryl methyl sites for hydroxylation is 2. The van der Waals surface area contributed by atoms with Gasteiger partial charge in [-0.15, -0.1) is 0 Å². The van der Waals surface area contributed by atoms with Crippen LogP contribution < -0.4 is 5.32 Å². The number of hydrogen-bond acceptors (Lipinski definition) is 2. The van der Waals surface area contributed by atoms with Crippen molar-refractivity contribution < 1.29 is 0 Å². The zero-order valence-corrected chi connectivity index (χ0v) is 15.1. The van der Waals surface area contributed by atoms with Gasteiger partial charge >= 0.3 is 0 Å². The van der Waals surface area contributed by atoms with E-state index in [9.17, 15) is 0 Å². The number of nitrogens with one attached hydrogen (secondary N) is 1. The maximum absolute atomic E-state index is 3.75. The summed E-state index contributed by atoms with van der Waals surface area (Å²) >= 11 is 0. The van der Waals surface area contributed by atoms with Gasteiger partial charge in [-0.2, -0.15) is 0 Å². The topological polar surface area (TPSA) is 15.3 Å². The van der Waals surface area contributed by atoms with E-state index in [1.54, 1.807) is 0 Å². The average Bonchev–Trinajstić information content (AvgIpc) is 2.39. The van der Waals surface area contributed by atoms with Gasteiger partial charge in [-0.05, 0) is 59.3 Å². The number of nitrogens with zero attached hydrogens (tertiary/aromatic N) is 1. The van der Waals surface area contributed by atoms with Crippen LogP contribution in [0.1, 0.15) is 50.3 Å². The van der Waals surface area contributed by atoms with Gasteiger partial charge in [-0.3, -0.25) is 0 Å². The van der Waals surface area contributed by atoms with Gasteiger partial charge in [0.15, 0.2) is 0 Å². The first-order chi connectivity index (χ1) is 9.89. The van der Waals surface area contributed by atoms with E-state index in [1.807, 2.05) is 0 Å². The van der Waals surface area contributed by atoms with Crippen LogP contribution in [0.3, 0.4) is 0 Å². The Balaban J connectivity index is 3.10. The molecule has 0 fully saturated rings. The lowest BCUT2D eigenvalue weighted by Gasteiger charge is -2.45.